The Kier molecular flexibility index (Phi) is 5.63. The molecule has 0 saturated carbocycles. The van der Waals surface area contributed by atoms with Gasteiger partial charge in [-0.25, -0.2) is 0 Å². The van der Waals surface area contributed by atoms with Gasteiger partial charge < -0.3 is 20.7 Å². The van der Waals surface area contributed by atoms with E-state index in [0.717, 1.165) is 11.4 Å². The van der Waals surface area contributed by atoms with Gasteiger partial charge in [0, 0.05) is 19.6 Å². The molecule has 19 heavy (non-hydrogen) atoms. The van der Waals surface area contributed by atoms with Crippen LogP contribution in [0.3, 0.4) is 0 Å². The van der Waals surface area contributed by atoms with Crippen LogP contribution < -0.4 is 20.7 Å². The molecule has 0 spiro atoms. The van der Waals surface area contributed by atoms with E-state index in [9.17, 15) is 4.79 Å². The lowest BCUT2D eigenvalue weighted by Gasteiger charge is -2.27. The molecule has 1 rings (SSSR count). The monoisotopic (exact) mass is 265 g/mol. The molecule has 1 unspecified atom stereocenters. The van der Waals surface area contributed by atoms with E-state index in [4.69, 9.17) is 10.5 Å². The number of nitrogens with zero attached hydrogens (tertiary/aromatic N) is 1. The Morgan fingerprint density at radius 2 is 2.05 bits per heavy atom. The fourth-order valence-electron chi connectivity index (χ4n) is 1.94. The summed E-state index contributed by atoms with van der Waals surface area (Å²) in [6.45, 7) is 4.46. The van der Waals surface area contributed by atoms with Crippen molar-refractivity contribution in [3.63, 3.8) is 0 Å². The van der Waals surface area contributed by atoms with Crippen LogP contribution in [0.15, 0.2) is 24.3 Å². The van der Waals surface area contributed by atoms with E-state index in [1.54, 1.807) is 7.11 Å². The molecular weight excluding hydrogens is 242 g/mol. The Morgan fingerprint density at radius 1 is 1.42 bits per heavy atom. The van der Waals surface area contributed by atoms with Crippen molar-refractivity contribution in [3.8, 4) is 5.75 Å². The van der Waals surface area contributed by atoms with Gasteiger partial charge in [-0.3, -0.25) is 4.79 Å². The fraction of sp³-hybridized carbons (Fsp3) is 0.500. The number of carbonyl (C=O) groups excluding carboxylic acids is 1. The number of hydrogen-bond donors (Lipinski definition) is 2. The second kappa shape index (κ2) is 6.99. The number of rotatable bonds is 7. The van der Waals surface area contributed by atoms with Crippen molar-refractivity contribution in [3.05, 3.63) is 24.3 Å². The molecule has 0 bridgehead atoms. The fourth-order valence-corrected chi connectivity index (χ4v) is 1.94. The first kappa shape index (κ1) is 15.3. The zero-order valence-corrected chi connectivity index (χ0v) is 12.0. The third kappa shape index (κ3) is 4.44. The van der Waals surface area contributed by atoms with E-state index in [1.165, 1.54) is 0 Å². The van der Waals surface area contributed by atoms with Crippen molar-refractivity contribution in [1.29, 1.82) is 0 Å². The topological polar surface area (TPSA) is 67.6 Å². The number of amides is 1. The highest BCUT2D eigenvalue weighted by molar-refractivity contribution is 5.80. The summed E-state index contributed by atoms with van der Waals surface area (Å²) in [5.41, 5.74) is 6.35. The number of nitrogens with two attached hydrogens (primary N) is 1. The number of carbonyl (C=O) groups is 1. The molecule has 3 N–H and O–H groups in total. The van der Waals surface area contributed by atoms with Gasteiger partial charge in [0.1, 0.15) is 11.8 Å². The first-order valence-electron chi connectivity index (χ1n) is 6.35. The molecule has 0 radical (unpaired) electrons. The lowest BCUT2D eigenvalue weighted by Crippen LogP contribution is -2.50. The van der Waals surface area contributed by atoms with Gasteiger partial charge in [0.2, 0.25) is 5.91 Å². The molecule has 0 fully saturated rings. The maximum Gasteiger partial charge on any atom is 0.236 e. The van der Waals surface area contributed by atoms with Gasteiger partial charge in [0.25, 0.3) is 0 Å². The van der Waals surface area contributed by atoms with Crippen molar-refractivity contribution in [1.82, 2.24) is 5.32 Å². The SMILES string of the molecule is COc1ccccc1N(C)CC(NC(C)C)C(N)=O. The van der Waals surface area contributed by atoms with Crippen LogP contribution in [0, 0.1) is 0 Å². The summed E-state index contributed by atoms with van der Waals surface area (Å²) in [7, 11) is 3.54. The second-order valence-electron chi connectivity index (χ2n) is 4.83. The zero-order valence-electron chi connectivity index (χ0n) is 12.0. The number of ether oxygens (including phenoxy) is 1. The van der Waals surface area contributed by atoms with Gasteiger partial charge in [-0.1, -0.05) is 26.0 Å². The third-order valence-corrected chi connectivity index (χ3v) is 2.83. The van der Waals surface area contributed by atoms with E-state index in [1.807, 2.05) is 50.1 Å². The van der Waals surface area contributed by atoms with Crippen LogP contribution in [0.2, 0.25) is 0 Å². The number of methoxy groups -OCH3 is 1. The summed E-state index contributed by atoms with van der Waals surface area (Å²) in [5, 5.41) is 3.16. The molecule has 0 aliphatic carbocycles. The molecule has 0 aliphatic rings. The van der Waals surface area contributed by atoms with Crippen molar-refractivity contribution >= 4 is 11.6 Å². The van der Waals surface area contributed by atoms with E-state index in [2.05, 4.69) is 5.32 Å². The van der Waals surface area contributed by atoms with Gasteiger partial charge >= 0.3 is 0 Å². The molecule has 0 saturated heterocycles. The first-order valence-corrected chi connectivity index (χ1v) is 6.35. The van der Waals surface area contributed by atoms with E-state index in [-0.39, 0.29) is 11.9 Å². The minimum Gasteiger partial charge on any atom is -0.495 e. The van der Waals surface area contributed by atoms with Crippen molar-refractivity contribution in [2.75, 3.05) is 25.6 Å². The van der Waals surface area contributed by atoms with Gasteiger partial charge in [0.05, 0.1) is 12.8 Å². The van der Waals surface area contributed by atoms with Crippen molar-refractivity contribution in [2.24, 2.45) is 5.73 Å². The number of anilines is 1. The van der Waals surface area contributed by atoms with Crippen LogP contribution in [0.5, 0.6) is 5.75 Å². The summed E-state index contributed by atoms with van der Waals surface area (Å²) >= 11 is 0. The summed E-state index contributed by atoms with van der Waals surface area (Å²) < 4.78 is 5.31. The molecule has 5 nitrogen and oxygen atoms in total. The molecule has 0 aromatic heterocycles. The standard InChI is InChI=1S/C14H23N3O2/c1-10(2)16-11(14(15)18)9-17(3)12-7-5-6-8-13(12)19-4/h5-8,10-11,16H,9H2,1-4H3,(H2,15,18). The molecule has 5 heteroatoms. The summed E-state index contributed by atoms with van der Waals surface area (Å²) in [6, 6.07) is 7.49. The Morgan fingerprint density at radius 3 is 2.58 bits per heavy atom. The van der Waals surface area contributed by atoms with Crippen molar-refractivity contribution < 1.29 is 9.53 Å². The summed E-state index contributed by atoms with van der Waals surface area (Å²) in [6.07, 6.45) is 0. The highest BCUT2D eigenvalue weighted by atomic mass is 16.5. The van der Waals surface area contributed by atoms with E-state index >= 15 is 0 Å². The molecule has 1 amide bonds. The van der Waals surface area contributed by atoms with Gasteiger partial charge in [0.15, 0.2) is 0 Å². The molecule has 1 aromatic rings. The Balaban J connectivity index is 2.81. The molecule has 106 valence electrons. The van der Waals surface area contributed by atoms with Crippen LogP contribution in [0.4, 0.5) is 5.69 Å². The number of nitrogens with one attached hydrogen (secondary N) is 1. The van der Waals surface area contributed by atoms with Crippen LogP contribution in [0.1, 0.15) is 13.8 Å². The lowest BCUT2D eigenvalue weighted by molar-refractivity contribution is -0.119. The van der Waals surface area contributed by atoms with Gasteiger partial charge in [-0.2, -0.15) is 0 Å². The first-order chi connectivity index (χ1) is 8.95. The number of hydrogen-bond acceptors (Lipinski definition) is 4. The highest BCUT2D eigenvalue weighted by Crippen LogP contribution is 2.26. The number of para-hydroxylation sites is 2. The van der Waals surface area contributed by atoms with Crippen LogP contribution in [0.25, 0.3) is 0 Å². The molecule has 1 atom stereocenters. The van der Waals surface area contributed by atoms with Crippen LogP contribution >= 0.6 is 0 Å². The van der Waals surface area contributed by atoms with Gasteiger partial charge in [-0.05, 0) is 12.1 Å². The zero-order chi connectivity index (χ0) is 14.4. The third-order valence-electron chi connectivity index (χ3n) is 2.83. The maximum atomic E-state index is 11.5. The molecule has 1 aromatic carbocycles. The minimum absolute atomic E-state index is 0.198. The predicted molar refractivity (Wildman–Crippen MR) is 77.5 cm³/mol. The number of primary amides is 1. The smallest absolute Gasteiger partial charge is 0.236 e. The average molecular weight is 265 g/mol. The average Bonchev–Trinajstić information content (AvgIpc) is 2.37. The Labute approximate surface area is 114 Å². The number of likely N-dealkylation sites (N-methyl/N-ethyl adjacent to an activating group) is 1. The van der Waals surface area contributed by atoms with Crippen LogP contribution in [-0.2, 0) is 4.79 Å². The summed E-state index contributed by atoms with van der Waals surface area (Å²) in [5.74, 6) is 0.424. The van der Waals surface area contributed by atoms with Crippen LogP contribution in [-0.4, -0.2) is 38.7 Å². The van der Waals surface area contributed by atoms with Crippen molar-refractivity contribution in [2.45, 2.75) is 25.9 Å². The second-order valence-corrected chi connectivity index (χ2v) is 4.83. The van der Waals surface area contributed by atoms with Gasteiger partial charge in [-0.15, -0.1) is 0 Å². The summed E-state index contributed by atoms with van der Waals surface area (Å²) in [4.78, 5) is 13.4. The van der Waals surface area contributed by atoms with E-state index in [0.29, 0.717) is 6.54 Å². The molecular formula is C14H23N3O2. The highest BCUT2D eigenvalue weighted by Gasteiger charge is 2.19. The number of benzene rings is 1. The Bertz CT molecular complexity index is 421. The van der Waals surface area contributed by atoms with E-state index < -0.39 is 6.04 Å². The molecule has 0 aliphatic heterocycles. The normalized spacial score (nSPS) is 12.3. The largest absolute Gasteiger partial charge is 0.495 e. The predicted octanol–water partition coefficient (Wildman–Crippen LogP) is 0.983. The quantitative estimate of drug-likeness (QED) is 0.771. The lowest BCUT2D eigenvalue weighted by atomic mass is 10.2. The maximum absolute atomic E-state index is 11.5. The minimum atomic E-state index is -0.394. The molecule has 0 heterocycles. The Hall–Kier alpha value is -1.75.